The van der Waals surface area contributed by atoms with E-state index < -0.39 is 150 Å². The van der Waals surface area contributed by atoms with E-state index in [0.717, 1.165) is 48.8 Å². The summed E-state index contributed by atoms with van der Waals surface area (Å²) in [6.45, 7) is -2.48. The van der Waals surface area contributed by atoms with Gasteiger partial charge in [-0.2, -0.15) is 0 Å². The van der Waals surface area contributed by atoms with Crippen molar-refractivity contribution in [2.45, 2.75) is 58.6 Å². The van der Waals surface area contributed by atoms with Crippen LogP contribution in [-0.4, -0.2) is 119 Å². The van der Waals surface area contributed by atoms with Crippen molar-refractivity contribution in [1.29, 1.82) is 0 Å². The third kappa shape index (κ3) is 7.77. The molecule has 0 aliphatic carbocycles. The number of sulfone groups is 1. The molecule has 0 radical (unpaired) electrons. The van der Waals surface area contributed by atoms with Crippen molar-refractivity contribution < 1.29 is 74.9 Å². The lowest BCUT2D eigenvalue weighted by Crippen LogP contribution is -2.71. The lowest BCUT2D eigenvalue weighted by molar-refractivity contribution is -0.245. The Morgan fingerprint density at radius 1 is 0.567 bits per heavy atom. The number of nitrogens with zero attached hydrogens (tertiary/aromatic N) is 6. The number of benzene rings is 4. The molecule has 2 aliphatic heterocycles. The molecular weight excluding hydrogens is 1010 g/mol. The maximum Gasteiger partial charge on any atom is 0.226 e. The second kappa shape index (κ2) is 18.1. The quantitative estimate of drug-likeness (QED) is 0.0801. The first-order chi connectivity index (χ1) is 31.6. The molecule has 2 fully saturated rings. The van der Waals surface area contributed by atoms with E-state index >= 15 is 8.42 Å². The Hall–Kier alpha value is -4.47. The first-order valence-electron chi connectivity index (χ1n) is 19.2. The average molecular weight is 1040 g/mol. The molecule has 6 N–H and O–H groups in total. The summed E-state index contributed by atoms with van der Waals surface area (Å²) in [4.78, 5) is -7.04. The first kappa shape index (κ1) is 49.0. The predicted octanol–water partition coefficient (Wildman–Crippen LogP) is 4.78. The molecule has 27 heteroatoms. The Balaban J connectivity index is 1.39. The second-order valence-corrected chi connectivity index (χ2v) is 19.2. The molecule has 0 unspecified atom stereocenters. The number of hydrogen-bond donors (Lipinski definition) is 6. The van der Waals surface area contributed by atoms with Gasteiger partial charge in [-0.25, -0.2) is 44.1 Å². The Morgan fingerprint density at radius 2 is 0.910 bits per heavy atom. The number of ether oxygens (including phenoxy) is 2. The zero-order valence-electron chi connectivity index (χ0n) is 33.1. The summed E-state index contributed by atoms with van der Waals surface area (Å²) in [5, 5.41) is 84.9. The molecule has 0 amide bonds. The van der Waals surface area contributed by atoms with Gasteiger partial charge < -0.3 is 40.1 Å². The van der Waals surface area contributed by atoms with Crippen molar-refractivity contribution in [3.05, 3.63) is 139 Å². The van der Waals surface area contributed by atoms with Crippen LogP contribution < -0.4 is 0 Å². The normalized spacial score (nSPS) is 27.9. The van der Waals surface area contributed by atoms with Crippen LogP contribution in [0.5, 0.6) is 0 Å². The van der Waals surface area contributed by atoms with Gasteiger partial charge in [0.1, 0.15) is 60.1 Å². The predicted molar refractivity (Wildman–Crippen MR) is 222 cm³/mol. The number of aliphatic hydroxyl groups excluding tert-OH is 6. The molecule has 2 saturated heterocycles. The second-order valence-electron chi connectivity index (χ2n) is 15.3. The van der Waals surface area contributed by atoms with Crippen LogP contribution >= 0.6 is 46.4 Å². The van der Waals surface area contributed by atoms with Crippen LogP contribution in [0.3, 0.4) is 0 Å². The van der Waals surface area contributed by atoms with Crippen LogP contribution in [0.4, 0.5) is 26.3 Å². The topological polar surface area (TPSA) is 235 Å². The number of rotatable bonds is 10. The minimum absolute atomic E-state index is 0.183. The van der Waals surface area contributed by atoms with Gasteiger partial charge in [-0.05, 0) is 48.5 Å². The van der Waals surface area contributed by atoms with Crippen LogP contribution in [-0.2, 0) is 29.2 Å². The summed E-state index contributed by atoms with van der Waals surface area (Å²) >= 11 is 25.5. The van der Waals surface area contributed by atoms with E-state index in [1.54, 1.807) is 0 Å². The van der Waals surface area contributed by atoms with Gasteiger partial charge in [0.15, 0.2) is 34.9 Å². The fraction of sp³-hybridized carbons (Fsp3) is 0.300. The van der Waals surface area contributed by atoms with Crippen LogP contribution in [0.2, 0.25) is 20.1 Å². The molecule has 4 heterocycles. The van der Waals surface area contributed by atoms with Crippen molar-refractivity contribution in [2.75, 3.05) is 13.2 Å². The van der Waals surface area contributed by atoms with Gasteiger partial charge >= 0.3 is 0 Å². The molecule has 4 aromatic carbocycles. The highest BCUT2D eigenvalue weighted by atomic mass is 35.5. The fourth-order valence-electron chi connectivity index (χ4n) is 8.28. The molecule has 16 nitrogen and oxygen atoms in total. The summed E-state index contributed by atoms with van der Waals surface area (Å²) in [5.41, 5.74) is -2.94. The van der Waals surface area contributed by atoms with Crippen molar-refractivity contribution in [2.24, 2.45) is 0 Å². The van der Waals surface area contributed by atoms with Crippen LogP contribution in [0, 0.1) is 34.9 Å². The zero-order chi connectivity index (χ0) is 48.7. The van der Waals surface area contributed by atoms with Gasteiger partial charge in [-0.15, -0.1) is 10.2 Å². The van der Waals surface area contributed by atoms with Crippen molar-refractivity contribution >= 4 is 56.2 Å². The minimum Gasteiger partial charge on any atom is -0.394 e. The molecular formula is C40H30Cl4F6N6O10S. The molecule has 10 atom stereocenters. The van der Waals surface area contributed by atoms with Gasteiger partial charge in [0, 0.05) is 22.3 Å². The van der Waals surface area contributed by atoms with Crippen molar-refractivity contribution in [1.82, 2.24) is 30.0 Å². The van der Waals surface area contributed by atoms with Crippen LogP contribution in [0.1, 0.15) is 23.2 Å². The summed E-state index contributed by atoms with van der Waals surface area (Å²) < 4.78 is 132. The van der Waals surface area contributed by atoms with Gasteiger partial charge in [0.2, 0.25) is 19.7 Å². The largest absolute Gasteiger partial charge is 0.394 e. The maximum absolute atomic E-state index is 16.6. The van der Waals surface area contributed by atoms with Gasteiger partial charge in [-0.3, -0.25) is 0 Å². The zero-order valence-corrected chi connectivity index (χ0v) is 37.0. The number of aliphatic hydroxyl groups is 6. The first-order valence-corrected chi connectivity index (χ1v) is 22.2. The Kier molecular flexibility index (Phi) is 13.2. The number of aromatic nitrogens is 6. The van der Waals surface area contributed by atoms with Gasteiger partial charge in [0.25, 0.3) is 0 Å². The van der Waals surface area contributed by atoms with E-state index in [-0.39, 0.29) is 20.1 Å². The smallest absolute Gasteiger partial charge is 0.226 e. The SMILES string of the molecule is O=S(=O)([C@@]1(c2ccc(Cl)c(Cl)c2)O[C@H](CO)[C@H](O)[C@H](n2cc(-c3cc(F)c(F)c(F)c3)nn2)[C@H]1O)[C@@]1(c2ccc(Cl)c(Cl)c2)O[C@H](CO)[C@H](O)[C@H](n2cc(-c3cc(F)c(F)c(F)c3)nn2)[C@H]1O. The lowest BCUT2D eigenvalue weighted by Gasteiger charge is -2.56. The average Bonchev–Trinajstić information content (AvgIpc) is 3.98. The molecule has 356 valence electrons. The van der Waals surface area contributed by atoms with E-state index in [4.69, 9.17) is 55.9 Å². The monoisotopic (exact) mass is 1040 g/mol. The Labute approximate surface area is 392 Å². The number of halogens is 10. The van der Waals surface area contributed by atoms with E-state index in [0.29, 0.717) is 33.6 Å². The molecule has 8 rings (SSSR count). The van der Waals surface area contributed by atoms with Crippen molar-refractivity contribution in [3.63, 3.8) is 0 Å². The van der Waals surface area contributed by atoms with E-state index in [2.05, 4.69) is 20.6 Å². The molecule has 0 bridgehead atoms. The Morgan fingerprint density at radius 3 is 1.22 bits per heavy atom. The highest BCUT2D eigenvalue weighted by Crippen LogP contribution is 2.58. The van der Waals surface area contributed by atoms with Crippen LogP contribution in [0.15, 0.2) is 73.1 Å². The summed E-state index contributed by atoms with van der Waals surface area (Å²) in [5.74, 6) is -10.2. The third-order valence-corrected chi connectivity index (χ3v) is 15.8. The fourth-order valence-corrected chi connectivity index (χ4v) is 11.6. The lowest BCUT2D eigenvalue weighted by atomic mass is 9.87. The molecule has 2 aromatic heterocycles. The van der Waals surface area contributed by atoms with Gasteiger partial charge in [-0.1, -0.05) is 69.0 Å². The van der Waals surface area contributed by atoms with Gasteiger partial charge in [0.05, 0.1) is 45.7 Å². The summed E-state index contributed by atoms with van der Waals surface area (Å²) in [6, 6.07) is 3.84. The standard InChI is InChI=1S/C40H30Cl4F6N6O10S/c41-19-3-1-17(9-21(19)43)39(37(61)33(35(59)29(13-57)65-39)55-11-27(51-53-55)15-5-23(45)31(49)24(46)6-15)67(63,64)40(18-2-4-20(42)22(44)10-18)38(62)34(36(60)30(14-58)66-40)56-12-28(52-54-56)16-7-25(47)32(50)26(48)8-16/h1-12,29-30,33-38,57-62H,13-14H2/t29-,30-,33+,34+,35+,36+,37-,38-,39-,40-/m1/s1. The minimum atomic E-state index is -6.11. The van der Waals surface area contributed by atoms with Crippen molar-refractivity contribution in [3.8, 4) is 22.5 Å². The molecule has 0 spiro atoms. The third-order valence-electron chi connectivity index (χ3n) is 11.5. The molecule has 0 saturated carbocycles. The highest BCUT2D eigenvalue weighted by molar-refractivity contribution is 7.93. The molecule has 6 aromatic rings. The molecule has 2 aliphatic rings. The summed E-state index contributed by atoms with van der Waals surface area (Å²) in [7, 11) is -6.11. The number of hydrogen-bond acceptors (Lipinski definition) is 14. The highest BCUT2D eigenvalue weighted by Gasteiger charge is 2.74. The summed E-state index contributed by atoms with van der Waals surface area (Å²) in [6.07, 6.45) is -12.2. The van der Waals surface area contributed by atoms with Crippen LogP contribution in [0.25, 0.3) is 22.5 Å². The maximum atomic E-state index is 16.6. The van der Waals surface area contributed by atoms with E-state index in [9.17, 15) is 57.0 Å². The van der Waals surface area contributed by atoms with E-state index in [1.807, 2.05) is 0 Å². The van der Waals surface area contributed by atoms with E-state index in [1.165, 1.54) is 0 Å². The Bertz CT molecular complexity index is 2780. The molecule has 67 heavy (non-hydrogen) atoms.